The summed E-state index contributed by atoms with van der Waals surface area (Å²) in [5.74, 6) is 1.54. The molecular weight excluding hydrogens is 526 g/mol. The number of alkyl halides is 3. The Bertz CT molecular complexity index is 639. The van der Waals surface area contributed by atoms with Gasteiger partial charge in [-0.25, -0.2) is 0 Å². The first-order chi connectivity index (χ1) is 14.5. The molecule has 0 bridgehead atoms. The molecule has 3 rings (SSSR count). The highest BCUT2D eigenvalue weighted by molar-refractivity contribution is 14.0. The van der Waals surface area contributed by atoms with Crippen LogP contribution in [0.3, 0.4) is 0 Å². The van der Waals surface area contributed by atoms with Gasteiger partial charge < -0.3 is 19.8 Å². The molecule has 7 nitrogen and oxygen atoms in total. The quantitative estimate of drug-likeness (QED) is 0.210. The fraction of sp³-hybridized carbons (Fsp3) is 0.750. The zero-order valence-corrected chi connectivity index (χ0v) is 20.0. The number of halogens is 4. The molecule has 2 fully saturated rings. The summed E-state index contributed by atoms with van der Waals surface area (Å²) in [5, 5.41) is 6.61. The molecule has 11 heteroatoms. The minimum absolute atomic E-state index is 0. The summed E-state index contributed by atoms with van der Waals surface area (Å²) in [6.07, 6.45) is -0.209. The first kappa shape index (κ1) is 26.2. The number of likely N-dealkylation sites (tertiary alicyclic amines) is 1. The number of aliphatic imine (C=N–C) groups is 1. The fourth-order valence-corrected chi connectivity index (χ4v) is 3.76. The average molecular weight is 559 g/mol. The highest BCUT2D eigenvalue weighted by Crippen LogP contribution is 2.19. The van der Waals surface area contributed by atoms with Crippen molar-refractivity contribution in [3.63, 3.8) is 0 Å². The topological polar surface area (TPSA) is 65.3 Å². The van der Waals surface area contributed by atoms with E-state index in [-0.39, 0.29) is 30.0 Å². The molecule has 178 valence electrons. The van der Waals surface area contributed by atoms with E-state index in [2.05, 4.69) is 20.5 Å². The zero-order chi connectivity index (χ0) is 21.2. The maximum atomic E-state index is 12.6. The number of morpholine rings is 1. The number of hydrogen-bond donors (Lipinski definition) is 2. The van der Waals surface area contributed by atoms with Crippen LogP contribution in [0.25, 0.3) is 0 Å². The monoisotopic (exact) mass is 559 g/mol. The maximum Gasteiger partial charge on any atom is 0.401 e. The fourth-order valence-electron chi connectivity index (χ4n) is 3.76. The molecule has 0 aromatic carbocycles. The Labute approximate surface area is 198 Å². The molecule has 2 aliphatic rings. The van der Waals surface area contributed by atoms with Crippen LogP contribution >= 0.6 is 24.0 Å². The van der Waals surface area contributed by atoms with Crippen LogP contribution in [0.15, 0.2) is 27.8 Å². The van der Waals surface area contributed by atoms with Gasteiger partial charge >= 0.3 is 6.18 Å². The summed E-state index contributed by atoms with van der Waals surface area (Å²) in [5.41, 5.74) is 0. The number of ether oxygens (including phenoxy) is 1. The average Bonchev–Trinajstić information content (AvgIpc) is 3.37. The van der Waals surface area contributed by atoms with Gasteiger partial charge in [-0.2, -0.15) is 13.2 Å². The summed E-state index contributed by atoms with van der Waals surface area (Å²) in [4.78, 5) is 8.46. The number of rotatable bonds is 9. The van der Waals surface area contributed by atoms with Crippen molar-refractivity contribution in [3.05, 3.63) is 24.2 Å². The van der Waals surface area contributed by atoms with E-state index in [1.54, 1.807) is 6.26 Å². The van der Waals surface area contributed by atoms with Crippen LogP contribution in [0.5, 0.6) is 0 Å². The van der Waals surface area contributed by atoms with Crippen molar-refractivity contribution in [2.75, 3.05) is 65.6 Å². The molecule has 2 aliphatic heterocycles. The Morgan fingerprint density at radius 3 is 2.71 bits per heavy atom. The minimum atomic E-state index is -4.16. The Kier molecular flexibility index (Phi) is 11.4. The zero-order valence-electron chi connectivity index (χ0n) is 17.7. The predicted molar refractivity (Wildman–Crippen MR) is 124 cm³/mol. The van der Waals surface area contributed by atoms with Crippen molar-refractivity contribution in [1.29, 1.82) is 0 Å². The normalized spacial score (nSPS) is 21.1. The molecule has 0 spiro atoms. The standard InChI is InChI=1S/C20H32F3N5O2.HI/c21-20(22,23)16-28-9-5-17(15-28)26-19(25-7-4-18-3-1-12-30-18)24-6-2-8-27-10-13-29-14-11-27;/h1,3,12,17H,2,4-11,13-16H2,(H2,24,25,26);1H. The lowest BCUT2D eigenvalue weighted by Crippen LogP contribution is -2.46. The van der Waals surface area contributed by atoms with Crippen molar-refractivity contribution in [1.82, 2.24) is 20.4 Å². The van der Waals surface area contributed by atoms with Crippen LogP contribution in [-0.4, -0.2) is 93.5 Å². The number of furan rings is 1. The van der Waals surface area contributed by atoms with Gasteiger partial charge in [0, 0.05) is 58.3 Å². The lowest BCUT2D eigenvalue weighted by molar-refractivity contribution is -0.143. The Balaban J connectivity index is 0.00000341. The number of nitrogens with zero attached hydrogens (tertiary/aromatic N) is 3. The molecule has 1 unspecified atom stereocenters. The molecule has 1 aromatic heterocycles. The Morgan fingerprint density at radius 2 is 2.00 bits per heavy atom. The largest absolute Gasteiger partial charge is 0.469 e. The van der Waals surface area contributed by atoms with Gasteiger partial charge in [-0.15, -0.1) is 24.0 Å². The molecule has 2 N–H and O–H groups in total. The van der Waals surface area contributed by atoms with Gasteiger partial charge in [0.25, 0.3) is 0 Å². The molecule has 3 heterocycles. The summed E-state index contributed by atoms with van der Waals surface area (Å²) in [7, 11) is 0. The lowest BCUT2D eigenvalue weighted by Gasteiger charge is -2.26. The van der Waals surface area contributed by atoms with Crippen LogP contribution in [0, 0.1) is 0 Å². The Morgan fingerprint density at radius 1 is 1.19 bits per heavy atom. The van der Waals surface area contributed by atoms with Gasteiger partial charge in [0.05, 0.1) is 26.0 Å². The van der Waals surface area contributed by atoms with E-state index in [0.29, 0.717) is 45.0 Å². The molecule has 0 saturated carbocycles. The third kappa shape index (κ3) is 10.4. The lowest BCUT2D eigenvalue weighted by atomic mass is 10.2. The number of guanidine groups is 1. The van der Waals surface area contributed by atoms with Crippen LogP contribution in [0.4, 0.5) is 13.2 Å². The maximum absolute atomic E-state index is 12.6. The van der Waals surface area contributed by atoms with Gasteiger partial charge in [-0.05, 0) is 25.0 Å². The van der Waals surface area contributed by atoms with E-state index in [0.717, 1.165) is 45.0 Å². The van der Waals surface area contributed by atoms with Crippen LogP contribution in [-0.2, 0) is 11.2 Å². The predicted octanol–water partition coefficient (Wildman–Crippen LogP) is 2.33. The molecule has 2 saturated heterocycles. The van der Waals surface area contributed by atoms with E-state index < -0.39 is 12.7 Å². The third-order valence-electron chi connectivity index (χ3n) is 5.27. The molecule has 0 aliphatic carbocycles. The molecule has 1 atom stereocenters. The molecular formula is C20H33F3IN5O2. The summed E-state index contributed by atoms with van der Waals surface area (Å²) in [6, 6.07) is 3.73. The van der Waals surface area contributed by atoms with Gasteiger partial charge in [-0.1, -0.05) is 0 Å². The van der Waals surface area contributed by atoms with Crippen molar-refractivity contribution in [2.45, 2.75) is 31.5 Å². The third-order valence-corrected chi connectivity index (χ3v) is 5.27. The molecule has 0 amide bonds. The van der Waals surface area contributed by atoms with Gasteiger partial charge in [0.2, 0.25) is 0 Å². The highest BCUT2D eigenvalue weighted by atomic mass is 127. The van der Waals surface area contributed by atoms with Crippen molar-refractivity contribution in [2.24, 2.45) is 4.99 Å². The van der Waals surface area contributed by atoms with E-state index in [1.165, 1.54) is 4.90 Å². The first-order valence-electron chi connectivity index (χ1n) is 10.6. The Hall–Kier alpha value is -1.05. The number of hydrogen-bond acceptors (Lipinski definition) is 5. The van der Waals surface area contributed by atoms with Gasteiger partial charge in [0.15, 0.2) is 5.96 Å². The SMILES string of the molecule is FC(F)(F)CN1CCC(NC(=NCCCN2CCOCC2)NCCc2ccco2)C1.I. The van der Waals surface area contributed by atoms with Gasteiger partial charge in [-0.3, -0.25) is 14.8 Å². The van der Waals surface area contributed by atoms with Crippen LogP contribution < -0.4 is 10.6 Å². The van der Waals surface area contributed by atoms with E-state index in [4.69, 9.17) is 9.15 Å². The number of nitrogens with one attached hydrogen (secondary N) is 2. The summed E-state index contributed by atoms with van der Waals surface area (Å²) >= 11 is 0. The van der Waals surface area contributed by atoms with Crippen LogP contribution in [0.1, 0.15) is 18.6 Å². The summed E-state index contributed by atoms with van der Waals surface area (Å²) in [6.45, 7) is 5.68. The molecule has 31 heavy (non-hydrogen) atoms. The van der Waals surface area contributed by atoms with E-state index in [9.17, 15) is 13.2 Å². The first-order valence-corrected chi connectivity index (χ1v) is 10.6. The molecule has 0 radical (unpaired) electrons. The highest BCUT2D eigenvalue weighted by Gasteiger charge is 2.34. The van der Waals surface area contributed by atoms with Crippen molar-refractivity contribution >= 4 is 29.9 Å². The second-order valence-electron chi connectivity index (χ2n) is 7.77. The second-order valence-corrected chi connectivity index (χ2v) is 7.77. The smallest absolute Gasteiger partial charge is 0.401 e. The summed E-state index contributed by atoms with van der Waals surface area (Å²) < 4.78 is 48.6. The van der Waals surface area contributed by atoms with E-state index in [1.807, 2.05) is 12.1 Å². The minimum Gasteiger partial charge on any atom is -0.469 e. The van der Waals surface area contributed by atoms with Crippen molar-refractivity contribution < 1.29 is 22.3 Å². The van der Waals surface area contributed by atoms with Gasteiger partial charge in [0.1, 0.15) is 5.76 Å². The second kappa shape index (κ2) is 13.5. The molecule has 1 aromatic rings. The van der Waals surface area contributed by atoms with E-state index >= 15 is 0 Å². The van der Waals surface area contributed by atoms with Crippen LogP contribution in [0.2, 0.25) is 0 Å². The van der Waals surface area contributed by atoms with Crippen molar-refractivity contribution in [3.8, 4) is 0 Å².